The normalized spacial score (nSPS) is 17.2. The Morgan fingerprint density at radius 2 is 1.93 bits per heavy atom. The second kappa shape index (κ2) is 9.61. The summed E-state index contributed by atoms with van der Waals surface area (Å²) in [5, 5.41) is 10.3. The topological polar surface area (TPSA) is 76.9 Å². The van der Waals surface area contributed by atoms with Crippen LogP contribution in [0, 0.1) is 5.82 Å². The second-order valence-corrected chi connectivity index (χ2v) is 8.53. The molecule has 2 heterocycles. The molecule has 0 aliphatic carbocycles. The van der Waals surface area contributed by atoms with E-state index in [4.69, 9.17) is 14.4 Å². The molecule has 0 saturated carbocycles. The highest BCUT2D eigenvalue weighted by atomic mass is 32.2. The molecule has 4 rings (SSSR count). The highest BCUT2D eigenvalue weighted by Crippen LogP contribution is 2.29. The summed E-state index contributed by atoms with van der Waals surface area (Å²) in [6.07, 6.45) is 0. The van der Waals surface area contributed by atoms with Crippen LogP contribution in [0.25, 0.3) is 11.1 Å². The summed E-state index contributed by atoms with van der Waals surface area (Å²) in [5.41, 5.74) is 3.03. The average Bonchev–Trinajstić information content (AvgIpc) is 3.27. The van der Waals surface area contributed by atoms with E-state index in [1.165, 1.54) is 0 Å². The third kappa shape index (κ3) is 4.84. The summed E-state index contributed by atoms with van der Waals surface area (Å²) in [6.45, 7) is 5.27. The van der Waals surface area contributed by atoms with Gasteiger partial charge in [0.1, 0.15) is 12.4 Å². The summed E-state index contributed by atoms with van der Waals surface area (Å²) in [6, 6.07) is 16.7. The molecule has 3 aromatic rings. The number of nitrogens with zero attached hydrogens (tertiary/aromatic N) is 3. The Morgan fingerprint density at radius 3 is 2.67 bits per heavy atom. The Morgan fingerprint density at radius 1 is 1.17 bits per heavy atom. The van der Waals surface area contributed by atoms with Gasteiger partial charge in [0, 0.05) is 41.7 Å². The van der Waals surface area contributed by atoms with Crippen LogP contribution in [0.3, 0.4) is 0 Å². The predicted octanol–water partition coefficient (Wildman–Crippen LogP) is 4.06. The molecule has 30 heavy (non-hydrogen) atoms. The molecule has 2 atom stereocenters. The number of benzene rings is 2. The van der Waals surface area contributed by atoms with Crippen molar-refractivity contribution < 1.29 is 13.7 Å². The van der Waals surface area contributed by atoms with Gasteiger partial charge in [-0.2, -0.15) is 0 Å². The van der Waals surface area contributed by atoms with Gasteiger partial charge in [0.25, 0.3) is 0 Å². The van der Waals surface area contributed by atoms with Crippen LogP contribution in [0.2, 0.25) is 0 Å². The lowest BCUT2D eigenvalue weighted by Gasteiger charge is -2.25. The first-order valence-electron chi connectivity index (χ1n) is 9.91. The number of halogens is 1. The van der Waals surface area contributed by atoms with E-state index < -0.39 is 11.1 Å². The SMILES string of the molecule is CC(c1ccc(-c2ccccc2)c(F)c1)c1cc(CN=S(N)N2CCOCC2)on1. The Balaban J connectivity index is 1.45. The lowest BCUT2D eigenvalue weighted by Crippen LogP contribution is -2.40. The molecular weight excluding hydrogens is 403 g/mol. The van der Waals surface area contributed by atoms with Crippen molar-refractivity contribution in [2.24, 2.45) is 9.50 Å². The summed E-state index contributed by atoms with van der Waals surface area (Å²) in [5.74, 6) is 0.300. The molecule has 1 aromatic heterocycles. The first-order chi connectivity index (χ1) is 14.6. The number of ether oxygens (including phenoxy) is 1. The lowest BCUT2D eigenvalue weighted by atomic mass is 9.94. The Labute approximate surface area is 178 Å². The van der Waals surface area contributed by atoms with E-state index in [0.717, 1.165) is 29.9 Å². The van der Waals surface area contributed by atoms with Crippen LogP contribution in [0.5, 0.6) is 0 Å². The number of nitrogens with two attached hydrogens (primary N) is 1. The highest BCUT2D eigenvalue weighted by Gasteiger charge is 2.17. The lowest BCUT2D eigenvalue weighted by molar-refractivity contribution is 0.0763. The van der Waals surface area contributed by atoms with E-state index in [1.807, 2.05) is 55.5 Å². The van der Waals surface area contributed by atoms with Crippen molar-refractivity contribution in [3.8, 4) is 11.1 Å². The number of morpholine rings is 1. The van der Waals surface area contributed by atoms with E-state index in [0.29, 0.717) is 31.1 Å². The van der Waals surface area contributed by atoms with Gasteiger partial charge in [-0.1, -0.05) is 54.5 Å². The van der Waals surface area contributed by atoms with Gasteiger partial charge < -0.3 is 9.26 Å². The fourth-order valence-corrected chi connectivity index (χ4v) is 4.32. The van der Waals surface area contributed by atoms with Crippen LogP contribution >= 0.6 is 0 Å². The van der Waals surface area contributed by atoms with Crippen LogP contribution in [0.15, 0.2) is 63.5 Å². The summed E-state index contributed by atoms with van der Waals surface area (Å²) >= 11 is -0.677. The molecule has 6 nitrogen and oxygen atoms in total. The number of hydrogen-bond acceptors (Lipinski definition) is 4. The molecule has 8 heteroatoms. The molecule has 2 unspecified atom stereocenters. The Hall–Kier alpha value is -2.39. The van der Waals surface area contributed by atoms with Crippen LogP contribution in [0.1, 0.15) is 29.9 Å². The third-order valence-corrected chi connectivity index (χ3v) is 6.47. The molecule has 2 N–H and O–H groups in total. The largest absolute Gasteiger partial charge is 0.379 e. The molecule has 2 aromatic carbocycles. The van der Waals surface area contributed by atoms with Crippen molar-refractivity contribution in [2.45, 2.75) is 19.4 Å². The molecular formula is C22H25FN4O2S. The summed E-state index contributed by atoms with van der Waals surface area (Å²) in [7, 11) is 0. The number of hydrogen-bond donors (Lipinski definition) is 1. The van der Waals surface area contributed by atoms with Crippen molar-refractivity contribution in [3.63, 3.8) is 0 Å². The highest BCUT2D eigenvalue weighted by molar-refractivity contribution is 7.82. The maximum Gasteiger partial charge on any atom is 0.159 e. The quantitative estimate of drug-likeness (QED) is 0.641. The van der Waals surface area contributed by atoms with Gasteiger partial charge in [0.15, 0.2) is 5.76 Å². The van der Waals surface area contributed by atoms with E-state index >= 15 is 0 Å². The van der Waals surface area contributed by atoms with Crippen molar-refractivity contribution in [3.05, 3.63) is 77.4 Å². The van der Waals surface area contributed by atoms with Gasteiger partial charge in [0.2, 0.25) is 0 Å². The average molecular weight is 429 g/mol. The zero-order valence-electron chi connectivity index (χ0n) is 16.8. The van der Waals surface area contributed by atoms with E-state index in [9.17, 15) is 4.39 Å². The van der Waals surface area contributed by atoms with Gasteiger partial charge in [-0.25, -0.2) is 13.1 Å². The molecule has 158 valence electrons. The van der Waals surface area contributed by atoms with E-state index in [-0.39, 0.29) is 11.7 Å². The monoisotopic (exact) mass is 428 g/mol. The van der Waals surface area contributed by atoms with Gasteiger partial charge in [-0.3, -0.25) is 5.14 Å². The Bertz CT molecular complexity index is 1020. The minimum atomic E-state index is -0.677. The fraction of sp³-hybridized carbons (Fsp3) is 0.318. The van der Waals surface area contributed by atoms with Gasteiger partial charge in [-0.15, -0.1) is 0 Å². The minimum Gasteiger partial charge on any atom is -0.379 e. The molecule has 0 amide bonds. The van der Waals surface area contributed by atoms with E-state index in [2.05, 4.69) is 13.8 Å². The zero-order valence-corrected chi connectivity index (χ0v) is 17.6. The van der Waals surface area contributed by atoms with Crippen molar-refractivity contribution >= 4 is 11.1 Å². The molecule has 0 spiro atoms. The van der Waals surface area contributed by atoms with Gasteiger partial charge in [0.05, 0.1) is 18.9 Å². The maximum absolute atomic E-state index is 14.7. The molecule has 1 aliphatic heterocycles. The molecule has 1 aliphatic rings. The first kappa shape index (κ1) is 20.9. The van der Waals surface area contributed by atoms with Crippen LogP contribution in [0.4, 0.5) is 4.39 Å². The third-order valence-electron chi connectivity index (χ3n) is 5.19. The number of rotatable bonds is 6. The summed E-state index contributed by atoms with van der Waals surface area (Å²) in [4.78, 5) is 0. The van der Waals surface area contributed by atoms with Crippen LogP contribution in [-0.4, -0.2) is 35.8 Å². The van der Waals surface area contributed by atoms with Crippen molar-refractivity contribution in [2.75, 3.05) is 26.3 Å². The smallest absolute Gasteiger partial charge is 0.159 e. The zero-order chi connectivity index (χ0) is 20.9. The standard InChI is InChI=1S/C22H25FN4O2S/c1-16(18-7-8-20(21(23)13-18)17-5-3-2-4-6-17)22-14-19(29-26-22)15-25-30(24)27-9-11-28-12-10-27/h2-8,13-14,16H,9-12,15H2,1H3,(H2,24,25). The van der Waals surface area contributed by atoms with Crippen LogP contribution in [-0.2, 0) is 22.3 Å². The predicted molar refractivity (Wildman–Crippen MR) is 116 cm³/mol. The molecule has 0 radical (unpaired) electrons. The first-order valence-corrected chi connectivity index (χ1v) is 11.1. The molecule has 1 fully saturated rings. The Kier molecular flexibility index (Phi) is 6.69. The minimum absolute atomic E-state index is 0.0998. The second-order valence-electron chi connectivity index (χ2n) is 7.17. The van der Waals surface area contributed by atoms with Crippen LogP contribution < -0.4 is 5.14 Å². The number of aromatic nitrogens is 1. The van der Waals surface area contributed by atoms with E-state index in [1.54, 1.807) is 6.07 Å². The van der Waals surface area contributed by atoms with Gasteiger partial charge in [-0.05, 0) is 17.2 Å². The molecule has 1 saturated heterocycles. The van der Waals surface area contributed by atoms with Crippen molar-refractivity contribution in [1.82, 2.24) is 9.46 Å². The van der Waals surface area contributed by atoms with Crippen molar-refractivity contribution in [1.29, 1.82) is 0 Å². The molecule has 0 bridgehead atoms. The summed E-state index contributed by atoms with van der Waals surface area (Å²) < 4.78 is 32.1. The maximum atomic E-state index is 14.7. The van der Waals surface area contributed by atoms with Gasteiger partial charge >= 0.3 is 0 Å². The fourth-order valence-electron chi connectivity index (χ4n) is 3.38.